The molecule has 1 heterocycles. The predicted octanol–water partition coefficient (Wildman–Crippen LogP) is 3.03. The van der Waals surface area contributed by atoms with Gasteiger partial charge in [-0.2, -0.15) is 13.2 Å². The van der Waals surface area contributed by atoms with Crippen molar-refractivity contribution in [1.82, 2.24) is 5.32 Å². The summed E-state index contributed by atoms with van der Waals surface area (Å²) in [4.78, 5) is 43.3. The van der Waals surface area contributed by atoms with E-state index in [0.717, 1.165) is 5.56 Å². The van der Waals surface area contributed by atoms with E-state index in [0.29, 0.717) is 35.1 Å². The van der Waals surface area contributed by atoms with Crippen LogP contribution in [0.1, 0.15) is 22.3 Å². The number of carboxylic acid groups (broad SMARTS) is 2. The standard InChI is InChI=1S/C15H16ClNO5S2.C2HF3O2/c16-10-2-1-9-7-12(22-15(21)11(9)8-10)14(20)17-4-6-24-23-5-3-13(18)19;3-2(4,5)1(6)7/h1-2,8,12H,3-7H2,(H,17,20)(H,18,19);(H,6,7). The highest BCUT2D eigenvalue weighted by molar-refractivity contribution is 8.76. The molecule has 31 heavy (non-hydrogen) atoms. The minimum absolute atomic E-state index is 0.117. The molecule has 0 aromatic heterocycles. The number of alkyl halides is 3. The summed E-state index contributed by atoms with van der Waals surface area (Å²) in [6, 6.07) is 4.95. The van der Waals surface area contributed by atoms with Gasteiger partial charge in [-0.1, -0.05) is 39.3 Å². The molecule has 0 bridgehead atoms. The van der Waals surface area contributed by atoms with Crippen molar-refractivity contribution in [3.8, 4) is 0 Å². The fourth-order valence-electron chi connectivity index (χ4n) is 2.07. The van der Waals surface area contributed by atoms with Crippen molar-refractivity contribution >= 4 is 57.0 Å². The van der Waals surface area contributed by atoms with Crippen LogP contribution in [0.4, 0.5) is 13.2 Å². The number of amides is 1. The molecule has 0 saturated heterocycles. The van der Waals surface area contributed by atoms with Crippen LogP contribution < -0.4 is 5.32 Å². The zero-order valence-corrected chi connectivity index (χ0v) is 18.0. The number of hydrogen-bond acceptors (Lipinski definition) is 7. The van der Waals surface area contributed by atoms with Crippen LogP contribution in [0.5, 0.6) is 0 Å². The molecule has 14 heteroatoms. The lowest BCUT2D eigenvalue weighted by molar-refractivity contribution is -0.192. The Labute approximate surface area is 187 Å². The van der Waals surface area contributed by atoms with Gasteiger partial charge in [0.1, 0.15) is 0 Å². The van der Waals surface area contributed by atoms with Gasteiger partial charge in [0.15, 0.2) is 6.10 Å². The molecule has 0 radical (unpaired) electrons. The number of aliphatic carboxylic acids is 2. The zero-order chi connectivity index (χ0) is 23.6. The first-order chi connectivity index (χ1) is 14.4. The fourth-order valence-corrected chi connectivity index (χ4v) is 4.13. The molecule has 0 fully saturated rings. The lowest BCUT2D eigenvalue weighted by Crippen LogP contribution is -2.42. The number of rotatable bonds is 8. The zero-order valence-electron chi connectivity index (χ0n) is 15.6. The summed E-state index contributed by atoms with van der Waals surface area (Å²) in [5.41, 5.74) is 1.14. The molecule has 3 N–H and O–H groups in total. The molecule has 1 aromatic carbocycles. The number of carboxylic acids is 2. The number of benzene rings is 1. The van der Waals surface area contributed by atoms with Gasteiger partial charge < -0.3 is 20.3 Å². The van der Waals surface area contributed by atoms with Crippen molar-refractivity contribution in [2.45, 2.75) is 25.1 Å². The summed E-state index contributed by atoms with van der Waals surface area (Å²) in [5, 5.41) is 18.8. The summed E-state index contributed by atoms with van der Waals surface area (Å²) in [5.74, 6) is -3.29. The lowest BCUT2D eigenvalue weighted by atomic mass is 9.98. The van der Waals surface area contributed by atoms with Gasteiger partial charge in [-0.15, -0.1) is 0 Å². The van der Waals surface area contributed by atoms with Crippen LogP contribution in [0.25, 0.3) is 0 Å². The highest BCUT2D eigenvalue weighted by Crippen LogP contribution is 2.24. The van der Waals surface area contributed by atoms with Crippen LogP contribution in [0, 0.1) is 0 Å². The molecular formula is C17H17ClF3NO7S2. The highest BCUT2D eigenvalue weighted by atomic mass is 35.5. The first-order valence-corrected chi connectivity index (χ1v) is 11.3. The number of esters is 1. The number of halogens is 4. The number of carbonyl (C=O) groups excluding carboxylic acids is 2. The second-order valence-electron chi connectivity index (χ2n) is 5.78. The maximum absolute atomic E-state index is 12.1. The van der Waals surface area contributed by atoms with Gasteiger partial charge in [-0.3, -0.25) is 9.59 Å². The summed E-state index contributed by atoms with van der Waals surface area (Å²) in [6.07, 6.45) is -5.48. The number of cyclic esters (lactones) is 1. The highest BCUT2D eigenvalue weighted by Gasteiger charge is 2.38. The van der Waals surface area contributed by atoms with Crippen molar-refractivity contribution in [3.63, 3.8) is 0 Å². The molecule has 0 spiro atoms. The Morgan fingerprint density at radius 3 is 2.39 bits per heavy atom. The molecule has 0 saturated carbocycles. The minimum Gasteiger partial charge on any atom is -0.481 e. The van der Waals surface area contributed by atoms with Crippen molar-refractivity contribution in [2.75, 3.05) is 18.1 Å². The van der Waals surface area contributed by atoms with Crippen LogP contribution in [0.3, 0.4) is 0 Å². The molecule has 1 atom stereocenters. The Hall–Kier alpha value is -2.12. The Kier molecular flexibility index (Phi) is 11.0. The average Bonchev–Trinajstić information content (AvgIpc) is 2.67. The normalized spacial score (nSPS) is 15.1. The maximum Gasteiger partial charge on any atom is 0.490 e. The number of fused-ring (bicyclic) bond motifs is 1. The molecule has 172 valence electrons. The fraction of sp³-hybridized carbons (Fsp3) is 0.412. The molecule has 1 unspecified atom stereocenters. The van der Waals surface area contributed by atoms with Crippen LogP contribution in [-0.2, 0) is 25.5 Å². The number of hydrogen-bond donors (Lipinski definition) is 3. The van der Waals surface area contributed by atoms with Crippen LogP contribution >= 0.6 is 33.2 Å². The smallest absolute Gasteiger partial charge is 0.481 e. The quantitative estimate of drug-likeness (QED) is 0.278. The Balaban J connectivity index is 0.000000592. The molecule has 0 aliphatic carbocycles. The molecule has 1 aliphatic rings. The maximum atomic E-state index is 12.1. The molecule has 2 rings (SSSR count). The first-order valence-electron chi connectivity index (χ1n) is 8.45. The molecular weight excluding hydrogens is 487 g/mol. The van der Waals surface area contributed by atoms with E-state index in [9.17, 15) is 27.6 Å². The van der Waals surface area contributed by atoms with Gasteiger partial charge in [-0.05, 0) is 17.7 Å². The van der Waals surface area contributed by atoms with E-state index in [2.05, 4.69) is 5.32 Å². The number of nitrogens with one attached hydrogen (secondary N) is 1. The molecule has 8 nitrogen and oxygen atoms in total. The van der Waals surface area contributed by atoms with Gasteiger partial charge in [0.2, 0.25) is 0 Å². The van der Waals surface area contributed by atoms with Gasteiger partial charge in [-0.25, -0.2) is 9.59 Å². The van der Waals surface area contributed by atoms with E-state index < -0.39 is 30.2 Å². The third-order valence-electron chi connectivity index (χ3n) is 3.45. The Morgan fingerprint density at radius 1 is 1.19 bits per heavy atom. The van der Waals surface area contributed by atoms with Crippen molar-refractivity contribution in [2.24, 2.45) is 0 Å². The monoisotopic (exact) mass is 503 g/mol. The van der Waals surface area contributed by atoms with Gasteiger partial charge in [0.25, 0.3) is 5.91 Å². The van der Waals surface area contributed by atoms with E-state index in [4.69, 9.17) is 31.3 Å². The van der Waals surface area contributed by atoms with Gasteiger partial charge in [0.05, 0.1) is 12.0 Å². The van der Waals surface area contributed by atoms with Crippen molar-refractivity contribution in [1.29, 1.82) is 0 Å². The number of ether oxygens (including phenoxy) is 1. The van der Waals surface area contributed by atoms with Crippen molar-refractivity contribution in [3.05, 3.63) is 34.3 Å². The van der Waals surface area contributed by atoms with E-state index in [1.54, 1.807) is 18.2 Å². The second kappa shape index (κ2) is 12.7. The predicted molar refractivity (Wildman–Crippen MR) is 108 cm³/mol. The minimum atomic E-state index is -5.08. The van der Waals surface area contributed by atoms with E-state index in [1.807, 2.05) is 0 Å². The van der Waals surface area contributed by atoms with Crippen LogP contribution in [-0.4, -0.2) is 64.4 Å². The van der Waals surface area contributed by atoms with Crippen LogP contribution in [0.2, 0.25) is 5.02 Å². The van der Waals surface area contributed by atoms with Crippen LogP contribution in [0.15, 0.2) is 18.2 Å². The molecule has 1 aromatic rings. The van der Waals surface area contributed by atoms with Gasteiger partial charge >= 0.3 is 24.1 Å². The largest absolute Gasteiger partial charge is 0.490 e. The first kappa shape index (κ1) is 26.9. The van der Waals surface area contributed by atoms with E-state index in [-0.39, 0.29) is 12.3 Å². The van der Waals surface area contributed by atoms with Gasteiger partial charge in [0, 0.05) is 29.5 Å². The second-order valence-corrected chi connectivity index (χ2v) is 8.92. The third kappa shape index (κ3) is 10.2. The summed E-state index contributed by atoms with van der Waals surface area (Å²) in [6.45, 7) is 0.422. The topological polar surface area (TPSA) is 130 Å². The Morgan fingerprint density at radius 2 is 1.81 bits per heavy atom. The molecule has 1 aliphatic heterocycles. The molecule has 1 amide bonds. The van der Waals surface area contributed by atoms with E-state index >= 15 is 0 Å². The Bertz CT molecular complexity index is 823. The van der Waals surface area contributed by atoms with Crippen molar-refractivity contribution < 1.29 is 47.3 Å². The average molecular weight is 504 g/mol. The van der Waals surface area contributed by atoms with E-state index in [1.165, 1.54) is 21.6 Å². The summed E-state index contributed by atoms with van der Waals surface area (Å²) in [7, 11) is 2.94. The SMILES string of the molecule is O=C(O)C(F)(F)F.O=C(O)CCSSCCNC(=O)C1Cc2ccc(Cl)cc2C(=O)O1. The number of carbonyl (C=O) groups is 4. The lowest BCUT2D eigenvalue weighted by Gasteiger charge is -2.24. The summed E-state index contributed by atoms with van der Waals surface area (Å²) < 4.78 is 36.9. The third-order valence-corrected chi connectivity index (χ3v) is 6.09. The summed E-state index contributed by atoms with van der Waals surface area (Å²) >= 11 is 5.85.